The van der Waals surface area contributed by atoms with E-state index in [0.717, 1.165) is 6.07 Å². The van der Waals surface area contributed by atoms with Crippen molar-refractivity contribution in [1.29, 1.82) is 0 Å². The first-order valence-corrected chi connectivity index (χ1v) is 6.66. The van der Waals surface area contributed by atoms with Crippen molar-refractivity contribution in [2.45, 2.75) is 0 Å². The van der Waals surface area contributed by atoms with Crippen LogP contribution in [0.5, 0.6) is 5.75 Å². The number of benzene rings is 1. The molecule has 0 saturated heterocycles. The van der Waals surface area contributed by atoms with Crippen LogP contribution in [0.4, 0.5) is 0 Å². The number of ether oxygens (including phenoxy) is 1. The number of H-pyrrole nitrogens is 1. The Kier molecular flexibility index (Phi) is 8.42. The third-order valence-corrected chi connectivity index (χ3v) is 2.28. The molecule has 4 N–H and O–H groups in total. The normalized spacial score (nSPS) is 10.1. The molecule has 0 saturated carbocycles. The first-order valence-electron chi connectivity index (χ1n) is 5.26. The Morgan fingerprint density at radius 3 is 2.27 bits per heavy atom. The number of aromatic carboxylic acids is 1. The van der Waals surface area contributed by atoms with Gasteiger partial charge in [-0.1, -0.05) is 0 Å². The summed E-state index contributed by atoms with van der Waals surface area (Å²) in [6.45, 7) is 0. The summed E-state index contributed by atoms with van der Waals surface area (Å²) < 4.78 is 36.6. The van der Waals surface area contributed by atoms with Crippen LogP contribution in [0.3, 0.4) is 0 Å². The van der Waals surface area contributed by atoms with Crippen LogP contribution < -0.4 is 61.7 Å². The molecule has 0 aliphatic rings. The number of carboxylic acid groups (broad SMARTS) is 1. The van der Waals surface area contributed by atoms with E-state index in [0.29, 0.717) is 16.7 Å². The summed E-state index contributed by atoms with van der Waals surface area (Å²) in [7, 11) is -3.17. The van der Waals surface area contributed by atoms with Gasteiger partial charge in [0.25, 0.3) is 0 Å². The van der Waals surface area contributed by atoms with Crippen molar-refractivity contribution in [3.63, 3.8) is 0 Å². The standard InChI is InChI=1S/C11H9NO4.K.H2O4S.H/c1-16-6-2-3-9-7(4-6)8(11(14)15)5-10(13)12-9;;1-5(2,3)4;/h2-5H,1H3,(H,12,13)(H,14,15);;(H2,1,2,3,4);/q;+1;;-1. The van der Waals surface area contributed by atoms with Crippen molar-refractivity contribution in [3.8, 4) is 5.75 Å². The minimum Gasteiger partial charge on any atom is -1.00 e. The van der Waals surface area contributed by atoms with E-state index < -0.39 is 21.9 Å². The van der Waals surface area contributed by atoms with Gasteiger partial charge in [-0.15, -0.1) is 0 Å². The number of aromatic nitrogens is 1. The van der Waals surface area contributed by atoms with Crippen LogP contribution in [0.25, 0.3) is 10.9 Å². The number of aromatic amines is 1. The molecule has 0 unspecified atom stereocenters. The van der Waals surface area contributed by atoms with Crippen LogP contribution in [-0.2, 0) is 10.4 Å². The molecule has 116 valence electrons. The molecule has 0 aliphatic heterocycles. The minimum atomic E-state index is -4.67. The van der Waals surface area contributed by atoms with E-state index in [1.807, 2.05) is 0 Å². The van der Waals surface area contributed by atoms with Crippen molar-refractivity contribution in [3.05, 3.63) is 40.2 Å². The third kappa shape index (κ3) is 6.98. The Labute approximate surface area is 168 Å². The van der Waals surface area contributed by atoms with Gasteiger partial charge >= 0.3 is 67.8 Å². The zero-order chi connectivity index (χ0) is 16.2. The number of carboxylic acids is 1. The molecule has 0 radical (unpaired) electrons. The van der Waals surface area contributed by atoms with Crippen molar-refractivity contribution in [2.24, 2.45) is 0 Å². The molecule has 1 aromatic heterocycles. The molecule has 0 spiro atoms. The van der Waals surface area contributed by atoms with Crippen LogP contribution in [0.2, 0.25) is 0 Å². The number of rotatable bonds is 2. The van der Waals surface area contributed by atoms with E-state index in [1.54, 1.807) is 18.2 Å². The van der Waals surface area contributed by atoms with Gasteiger partial charge in [0.05, 0.1) is 12.7 Å². The van der Waals surface area contributed by atoms with Gasteiger partial charge in [0.2, 0.25) is 5.56 Å². The number of hydrogen-bond donors (Lipinski definition) is 4. The van der Waals surface area contributed by atoms with Crippen molar-refractivity contribution in [2.75, 3.05) is 7.11 Å². The fourth-order valence-electron chi connectivity index (χ4n) is 1.54. The number of carbonyl (C=O) groups is 1. The molecule has 22 heavy (non-hydrogen) atoms. The van der Waals surface area contributed by atoms with Crippen molar-refractivity contribution in [1.82, 2.24) is 4.98 Å². The fraction of sp³-hybridized carbons (Fsp3) is 0.0909. The summed E-state index contributed by atoms with van der Waals surface area (Å²) in [6, 6.07) is 5.91. The van der Waals surface area contributed by atoms with Crippen molar-refractivity contribution >= 4 is 27.3 Å². The van der Waals surface area contributed by atoms with E-state index in [9.17, 15) is 9.59 Å². The number of fused-ring (bicyclic) bond motifs is 1. The topological polar surface area (TPSA) is 154 Å². The average molecular weight is 357 g/mol. The molecule has 9 nitrogen and oxygen atoms in total. The predicted molar refractivity (Wildman–Crippen MR) is 73.4 cm³/mol. The predicted octanol–water partition coefficient (Wildman–Crippen LogP) is -2.30. The molecule has 0 atom stereocenters. The first kappa shape index (κ1) is 21.2. The van der Waals surface area contributed by atoms with Gasteiger partial charge in [-0.2, -0.15) is 8.42 Å². The van der Waals surface area contributed by atoms with Gasteiger partial charge in [0.15, 0.2) is 0 Å². The van der Waals surface area contributed by atoms with Gasteiger partial charge in [0, 0.05) is 17.0 Å². The summed E-state index contributed by atoms with van der Waals surface area (Å²) >= 11 is 0. The number of nitrogens with one attached hydrogen (secondary N) is 1. The number of pyridine rings is 1. The Morgan fingerprint density at radius 2 is 1.82 bits per heavy atom. The second-order valence-corrected chi connectivity index (χ2v) is 4.61. The van der Waals surface area contributed by atoms with Crippen LogP contribution in [0.1, 0.15) is 11.8 Å². The molecule has 1 heterocycles. The fourth-order valence-corrected chi connectivity index (χ4v) is 1.54. The Balaban J connectivity index is 0. The molecule has 0 amide bonds. The summed E-state index contributed by atoms with van der Waals surface area (Å²) in [5.74, 6) is -0.591. The van der Waals surface area contributed by atoms with Gasteiger partial charge in [0.1, 0.15) is 5.75 Å². The Morgan fingerprint density at radius 1 is 1.27 bits per heavy atom. The van der Waals surface area contributed by atoms with Gasteiger partial charge < -0.3 is 16.3 Å². The minimum absolute atomic E-state index is 0. The Bertz CT molecular complexity index is 828. The smallest absolute Gasteiger partial charge is 1.00 e. The second kappa shape index (κ2) is 8.74. The zero-order valence-electron chi connectivity index (χ0n) is 12.6. The summed E-state index contributed by atoms with van der Waals surface area (Å²) in [5.41, 5.74) is 0.0124. The summed E-state index contributed by atoms with van der Waals surface area (Å²) in [5, 5.41) is 9.43. The summed E-state index contributed by atoms with van der Waals surface area (Å²) in [6.07, 6.45) is 0. The SMILES string of the molecule is COc1ccc2[nH]c(=O)cc(C(=O)O)c2c1.O=S(=O)(O)O.[H-].[K+]. The Hall–Kier alpha value is -0.794. The van der Waals surface area contributed by atoms with Crippen LogP contribution in [0, 0.1) is 0 Å². The van der Waals surface area contributed by atoms with E-state index in [1.165, 1.54) is 7.11 Å². The molecule has 0 aliphatic carbocycles. The molecule has 0 fully saturated rings. The number of methoxy groups -OCH3 is 1. The van der Waals surface area contributed by atoms with Crippen LogP contribution in [-0.4, -0.2) is 40.7 Å². The monoisotopic (exact) mass is 357 g/mol. The van der Waals surface area contributed by atoms with E-state index in [2.05, 4.69) is 4.98 Å². The molecular formula is C11H12KNO8S. The first-order chi connectivity index (χ1) is 9.61. The van der Waals surface area contributed by atoms with Gasteiger partial charge in [-0.25, -0.2) is 4.79 Å². The molecule has 11 heteroatoms. The van der Waals surface area contributed by atoms with E-state index in [-0.39, 0.29) is 58.4 Å². The third-order valence-electron chi connectivity index (χ3n) is 2.28. The largest absolute Gasteiger partial charge is 1.00 e. The van der Waals surface area contributed by atoms with Gasteiger partial charge in [-0.05, 0) is 18.2 Å². The maximum atomic E-state index is 11.2. The molecule has 0 bridgehead atoms. The quantitative estimate of drug-likeness (QED) is 0.345. The maximum absolute atomic E-state index is 11.2. The molecule has 2 rings (SSSR count). The average Bonchev–Trinajstić information content (AvgIpc) is 2.35. The maximum Gasteiger partial charge on any atom is 1.00 e. The van der Waals surface area contributed by atoms with Crippen LogP contribution >= 0.6 is 0 Å². The zero-order valence-corrected chi connectivity index (χ0v) is 15.5. The van der Waals surface area contributed by atoms with Gasteiger partial charge in [-0.3, -0.25) is 13.9 Å². The van der Waals surface area contributed by atoms with E-state index in [4.69, 9.17) is 27.4 Å². The molecule has 2 aromatic rings. The summed E-state index contributed by atoms with van der Waals surface area (Å²) in [4.78, 5) is 24.7. The second-order valence-electron chi connectivity index (χ2n) is 3.71. The van der Waals surface area contributed by atoms with E-state index >= 15 is 0 Å². The molecule has 1 aromatic carbocycles. The molecular weight excluding hydrogens is 345 g/mol. The van der Waals surface area contributed by atoms with Crippen LogP contribution in [0.15, 0.2) is 29.1 Å². The van der Waals surface area contributed by atoms with Crippen molar-refractivity contribution < 1.29 is 85.0 Å². The number of hydrogen-bond acceptors (Lipinski definition) is 5.